The van der Waals surface area contributed by atoms with Crippen LogP contribution in [0.15, 0.2) is 58.3 Å². The van der Waals surface area contributed by atoms with Gasteiger partial charge in [0, 0.05) is 19.7 Å². The van der Waals surface area contributed by atoms with Crippen LogP contribution in [0.5, 0.6) is 5.75 Å². The lowest BCUT2D eigenvalue weighted by Crippen LogP contribution is -2.51. The Morgan fingerprint density at radius 1 is 0.938 bits per heavy atom. The maximum atomic E-state index is 12.4. The van der Waals surface area contributed by atoms with Gasteiger partial charge < -0.3 is 4.74 Å². The third-order valence-corrected chi connectivity index (χ3v) is 7.64. The lowest BCUT2D eigenvalue weighted by molar-refractivity contribution is -0.123. The van der Waals surface area contributed by atoms with Crippen LogP contribution >= 0.6 is 0 Å². The molecule has 0 saturated heterocycles. The van der Waals surface area contributed by atoms with Crippen LogP contribution in [0.4, 0.5) is 0 Å². The highest BCUT2D eigenvalue weighted by Gasteiger charge is 2.23. The maximum Gasteiger partial charge on any atom is 0.269 e. The molecular formula is C19H24N4O7S2. The van der Waals surface area contributed by atoms with Crippen molar-refractivity contribution in [2.24, 2.45) is 0 Å². The van der Waals surface area contributed by atoms with Gasteiger partial charge in [0.15, 0.2) is 0 Å². The molecule has 1 atom stereocenters. The predicted octanol–water partition coefficient (Wildman–Crippen LogP) is 0.0735. The number of benzene rings is 2. The number of sulfonamides is 2. The van der Waals surface area contributed by atoms with Crippen molar-refractivity contribution in [1.29, 1.82) is 0 Å². The first kappa shape index (κ1) is 25.3. The minimum absolute atomic E-state index is 0.0142. The van der Waals surface area contributed by atoms with Gasteiger partial charge in [0.1, 0.15) is 5.75 Å². The van der Waals surface area contributed by atoms with Crippen LogP contribution in [0, 0.1) is 0 Å². The molecule has 32 heavy (non-hydrogen) atoms. The summed E-state index contributed by atoms with van der Waals surface area (Å²) in [4.78, 5) is 24.4. The number of rotatable bonds is 8. The largest absolute Gasteiger partial charge is 0.497 e. The van der Waals surface area contributed by atoms with E-state index in [1.54, 1.807) is 0 Å². The first-order chi connectivity index (χ1) is 14.9. The molecule has 0 saturated carbocycles. The lowest BCUT2D eigenvalue weighted by Gasteiger charge is -2.15. The van der Waals surface area contributed by atoms with Crippen molar-refractivity contribution in [1.82, 2.24) is 19.9 Å². The summed E-state index contributed by atoms with van der Waals surface area (Å²) in [5.74, 6) is -1.13. The molecule has 0 aliphatic carbocycles. The number of methoxy groups -OCH3 is 1. The summed E-state index contributed by atoms with van der Waals surface area (Å²) in [5.41, 5.74) is 4.22. The average Bonchev–Trinajstić information content (AvgIpc) is 2.76. The minimum Gasteiger partial charge on any atom is -0.497 e. The molecule has 2 aromatic rings. The van der Waals surface area contributed by atoms with Crippen molar-refractivity contribution in [3.63, 3.8) is 0 Å². The number of carbonyl (C=O) groups is 2. The Morgan fingerprint density at radius 3 is 2.12 bits per heavy atom. The molecule has 3 N–H and O–H groups in total. The number of hydrogen-bond donors (Lipinski definition) is 3. The van der Waals surface area contributed by atoms with Gasteiger partial charge in [0.2, 0.25) is 20.0 Å². The third-order valence-electron chi connectivity index (χ3n) is 4.27. The van der Waals surface area contributed by atoms with E-state index in [0.29, 0.717) is 5.75 Å². The minimum atomic E-state index is -4.00. The topological polar surface area (TPSA) is 151 Å². The number of nitrogens with one attached hydrogen (secondary N) is 3. The van der Waals surface area contributed by atoms with Crippen LogP contribution in [0.25, 0.3) is 0 Å². The van der Waals surface area contributed by atoms with Crippen molar-refractivity contribution in [2.75, 3.05) is 21.2 Å². The molecule has 0 aromatic heterocycles. The van der Waals surface area contributed by atoms with E-state index in [4.69, 9.17) is 4.74 Å². The summed E-state index contributed by atoms with van der Waals surface area (Å²) >= 11 is 0. The highest BCUT2D eigenvalue weighted by Crippen LogP contribution is 2.16. The first-order valence-electron chi connectivity index (χ1n) is 9.17. The van der Waals surface area contributed by atoms with Crippen molar-refractivity contribution < 1.29 is 31.2 Å². The summed E-state index contributed by atoms with van der Waals surface area (Å²) in [6, 6.07) is 9.60. The smallest absolute Gasteiger partial charge is 0.269 e. The average molecular weight is 485 g/mol. The molecule has 2 amide bonds. The summed E-state index contributed by atoms with van der Waals surface area (Å²) in [6.07, 6.45) is 0. The van der Waals surface area contributed by atoms with E-state index in [2.05, 4.69) is 15.6 Å². The van der Waals surface area contributed by atoms with Gasteiger partial charge in [-0.2, -0.15) is 4.72 Å². The molecule has 174 valence electrons. The second-order valence-electron chi connectivity index (χ2n) is 6.78. The van der Waals surface area contributed by atoms with Gasteiger partial charge in [-0.15, -0.1) is 0 Å². The van der Waals surface area contributed by atoms with E-state index in [1.807, 2.05) is 0 Å². The molecule has 2 aromatic carbocycles. The summed E-state index contributed by atoms with van der Waals surface area (Å²) in [5, 5.41) is 0. The SMILES string of the molecule is COc1ccc(S(=O)(=O)N[C@@H](C)C(=O)NNC(=O)c2cccc(S(=O)(=O)N(C)C)c2)cc1. The van der Waals surface area contributed by atoms with Crippen molar-refractivity contribution in [2.45, 2.75) is 22.8 Å². The Morgan fingerprint density at radius 2 is 1.56 bits per heavy atom. The van der Waals surface area contributed by atoms with E-state index in [0.717, 1.165) is 10.4 Å². The number of ether oxygens (including phenoxy) is 1. The molecule has 0 unspecified atom stereocenters. The molecule has 2 rings (SSSR count). The highest BCUT2D eigenvalue weighted by molar-refractivity contribution is 7.89. The van der Waals surface area contributed by atoms with Crippen molar-refractivity contribution >= 4 is 31.9 Å². The Kier molecular flexibility index (Phi) is 7.96. The van der Waals surface area contributed by atoms with Crippen LogP contribution in [-0.2, 0) is 24.8 Å². The Bertz CT molecular complexity index is 1190. The molecular weight excluding hydrogens is 460 g/mol. The molecule has 0 aliphatic rings. The summed E-state index contributed by atoms with van der Waals surface area (Å²) < 4.78 is 57.4. The molecule has 0 heterocycles. The van der Waals surface area contributed by atoms with E-state index in [-0.39, 0.29) is 15.4 Å². The molecule has 0 spiro atoms. The van der Waals surface area contributed by atoms with Gasteiger partial charge in [-0.1, -0.05) is 6.07 Å². The number of hydrogen-bond acceptors (Lipinski definition) is 7. The second kappa shape index (κ2) is 10.1. The van der Waals surface area contributed by atoms with Crippen LogP contribution in [-0.4, -0.2) is 60.2 Å². The molecule has 0 radical (unpaired) electrons. The molecule has 0 fully saturated rings. The summed E-state index contributed by atoms with van der Waals surface area (Å²) in [7, 11) is -3.59. The van der Waals surface area contributed by atoms with Crippen molar-refractivity contribution in [3.8, 4) is 5.75 Å². The van der Waals surface area contributed by atoms with Gasteiger partial charge in [0.05, 0.1) is 22.9 Å². The van der Waals surface area contributed by atoms with Crippen LogP contribution in [0.1, 0.15) is 17.3 Å². The standard InChI is InChI=1S/C19H24N4O7S2/c1-13(22-31(26,27)16-10-8-15(30-4)9-11-16)18(24)20-21-19(25)14-6-5-7-17(12-14)32(28,29)23(2)3/h5-13,22H,1-4H3,(H,20,24)(H,21,25)/t13-/m0/s1. The maximum absolute atomic E-state index is 12.4. The molecule has 0 aliphatic heterocycles. The number of carbonyl (C=O) groups excluding carboxylic acids is 2. The number of nitrogens with zero attached hydrogens (tertiary/aromatic N) is 1. The van der Waals surface area contributed by atoms with E-state index in [9.17, 15) is 26.4 Å². The summed E-state index contributed by atoms with van der Waals surface area (Å²) in [6.45, 7) is 1.30. The number of amides is 2. The third kappa shape index (κ3) is 6.03. The number of hydrazine groups is 1. The quantitative estimate of drug-likeness (QED) is 0.449. The normalized spacial score (nSPS) is 12.8. The fourth-order valence-corrected chi connectivity index (χ4v) is 4.57. The van der Waals surface area contributed by atoms with E-state index in [1.165, 1.54) is 70.6 Å². The van der Waals surface area contributed by atoms with Gasteiger partial charge in [-0.3, -0.25) is 20.4 Å². The van der Waals surface area contributed by atoms with Gasteiger partial charge in [-0.05, 0) is 49.4 Å². The van der Waals surface area contributed by atoms with Crippen LogP contribution < -0.4 is 20.3 Å². The monoisotopic (exact) mass is 484 g/mol. The molecule has 13 heteroatoms. The molecule has 0 bridgehead atoms. The van der Waals surface area contributed by atoms with Crippen LogP contribution in [0.3, 0.4) is 0 Å². The Balaban J connectivity index is 2.02. The lowest BCUT2D eigenvalue weighted by atomic mass is 10.2. The van der Waals surface area contributed by atoms with Crippen molar-refractivity contribution in [3.05, 3.63) is 54.1 Å². The second-order valence-corrected chi connectivity index (χ2v) is 10.6. The van der Waals surface area contributed by atoms with Gasteiger partial charge in [-0.25, -0.2) is 21.1 Å². The first-order valence-corrected chi connectivity index (χ1v) is 12.1. The zero-order valence-electron chi connectivity index (χ0n) is 17.8. The van der Waals surface area contributed by atoms with E-state index < -0.39 is 37.9 Å². The van der Waals surface area contributed by atoms with Gasteiger partial charge >= 0.3 is 0 Å². The highest BCUT2D eigenvalue weighted by atomic mass is 32.2. The molecule has 11 nitrogen and oxygen atoms in total. The zero-order valence-corrected chi connectivity index (χ0v) is 19.5. The fourth-order valence-electron chi connectivity index (χ4n) is 2.42. The van der Waals surface area contributed by atoms with E-state index >= 15 is 0 Å². The Hall–Kier alpha value is -3.00. The van der Waals surface area contributed by atoms with Gasteiger partial charge in [0.25, 0.3) is 11.8 Å². The Labute approximate surface area is 186 Å². The zero-order chi connectivity index (χ0) is 24.1. The van der Waals surface area contributed by atoms with Crippen LogP contribution in [0.2, 0.25) is 0 Å². The fraction of sp³-hybridized carbons (Fsp3) is 0.263. The predicted molar refractivity (Wildman–Crippen MR) is 116 cm³/mol.